The summed E-state index contributed by atoms with van der Waals surface area (Å²) in [5, 5.41) is 27.9. The van der Waals surface area contributed by atoms with Gasteiger partial charge in [0.05, 0.1) is 17.5 Å². The molecule has 0 saturated heterocycles. The molecule has 1 aromatic heterocycles. The highest BCUT2D eigenvalue weighted by Gasteiger charge is 2.40. The largest absolute Gasteiger partial charge is 0.481 e. The topological polar surface area (TPSA) is 88.2 Å². The molecular formula is C21H25N3O3. The fourth-order valence-corrected chi connectivity index (χ4v) is 3.71. The maximum absolute atomic E-state index is 12.1. The molecule has 1 atom stereocenters. The summed E-state index contributed by atoms with van der Waals surface area (Å²) in [5.74, 6) is -1.27. The standard InChI is InChI=1S/C21H25N3O3/c1-12-6-7-14(10-15(12)11-25)18(21(3,4)20(26)27)16-8-9-17-19(13(16)2)22-23-24(17)5/h6-10,18,25H,11H2,1-5H3,(H,26,27)/t18-/m1/s1. The Morgan fingerprint density at radius 3 is 2.56 bits per heavy atom. The number of carbonyl (C=O) groups is 1. The van der Waals surface area contributed by atoms with Gasteiger partial charge in [-0.2, -0.15) is 0 Å². The Kier molecular flexibility index (Phi) is 4.78. The molecule has 2 aromatic carbocycles. The van der Waals surface area contributed by atoms with Crippen LogP contribution in [0.3, 0.4) is 0 Å². The van der Waals surface area contributed by atoms with Crippen LogP contribution in [0.2, 0.25) is 0 Å². The SMILES string of the molecule is Cc1ccc([C@H](c2ccc3c(nnn3C)c2C)C(C)(C)C(=O)O)cc1CO. The van der Waals surface area contributed by atoms with E-state index in [9.17, 15) is 15.0 Å². The van der Waals surface area contributed by atoms with Gasteiger partial charge in [-0.25, -0.2) is 4.68 Å². The predicted octanol–water partition coefficient (Wildman–Crippen LogP) is 3.32. The Bertz CT molecular complexity index is 1020. The summed E-state index contributed by atoms with van der Waals surface area (Å²) in [7, 11) is 1.83. The van der Waals surface area contributed by atoms with Gasteiger partial charge in [-0.1, -0.05) is 29.5 Å². The van der Waals surface area contributed by atoms with E-state index in [0.717, 1.165) is 38.9 Å². The molecule has 27 heavy (non-hydrogen) atoms. The highest BCUT2D eigenvalue weighted by atomic mass is 16.4. The number of benzene rings is 2. The zero-order valence-corrected chi connectivity index (χ0v) is 16.3. The van der Waals surface area contributed by atoms with Crippen LogP contribution in [0.25, 0.3) is 11.0 Å². The van der Waals surface area contributed by atoms with Crippen molar-refractivity contribution < 1.29 is 15.0 Å². The lowest BCUT2D eigenvalue weighted by Crippen LogP contribution is -2.32. The molecule has 0 radical (unpaired) electrons. The third kappa shape index (κ3) is 3.10. The monoisotopic (exact) mass is 367 g/mol. The van der Waals surface area contributed by atoms with Gasteiger partial charge in [-0.05, 0) is 61.6 Å². The number of hydrogen-bond donors (Lipinski definition) is 2. The van der Waals surface area contributed by atoms with Gasteiger partial charge in [0.25, 0.3) is 0 Å². The lowest BCUT2D eigenvalue weighted by Gasteiger charge is -2.33. The summed E-state index contributed by atoms with van der Waals surface area (Å²) < 4.78 is 1.71. The van der Waals surface area contributed by atoms with Crippen LogP contribution >= 0.6 is 0 Å². The van der Waals surface area contributed by atoms with E-state index in [1.54, 1.807) is 18.5 Å². The molecule has 0 aliphatic rings. The maximum atomic E-state index is 12.1. The number of aliphatic hydroxyl groups is 1. The van der Waals surface area contributed by atoms with E-state index in [1.165, 1.54) is 0 Å². The summed E-state index contributed by atoms with van der Waals surface area (Å²) in [6, 6.07) is 9.69. The van der Waals surface area contributed by atoms with Gasteiger partial charge in [0.15, 0.2) is 0 Å². The van der Waals surface area contributed by atoms with E-state index in [0.29, 0.717) is 0 Å². The summed E-state index contributed by atoms with van der Waals surface area (Å²) in [5.41, 5.74) is 5.10. The number of rotatable bonds is 5. The Morgan fingerprint density at radius 1 is 1.22 bits per heavy atom. The van der Waals surface area contributed by atoms with E-state index in [1.807, 2.05) is 51.2 Å². The predicted molar refractivity (Wildman–Crippen MR) is 104 cm³/mol. The highest BCUT2D eigenvalue weighted by molar-refractivity contribution is 5.81. The molecule has 142 valence electrons. The van der Waals surface area contributed by atoms with Gasteiger partial charge in [0.2, 0.25) is 0 Å². The van der Waals surface area contributed by atoms with Crippen LogP contribution in [0, 0.1) is 19.3 Å². The molecule has 0 aliphatic carbocycles. The van der Waals surface area contributed by atoms with Crippen molar-refractivity contribution >= 4 is 17.0 Å². The van der Waals surface area contributed by atoms with Gasteiger partial charge in [-0.15, -0.1) is 5.10 Å². The molecule has 0 bridgehead atoms. The van der Waals surface area contributed by atoms with Crippen LogP contribution in [0.15, 0.2) is 30.3 Å². The van der Waals surface area contributed by atoms with Crippen LogP contribution in [0.5, 0.6) is 0 Å². The molecule has 1 heterocycles. The van der Waals surface area contributed by atoms with Crippen molar-refractivity contribution in [1.29, 1.82) is 0 Å². The molecule has 0 fully saturated rings. The first-order chi connectivity index (χ1) is 12.7. The van der Waals surface area contributed by atoms with E-state index in [-0.39, 0.29) is 6.61 Å². The molecule has 0 unspecified atom stereocenters. The van der Waals surface area contributed by atoms with Crippen LogP contribution in [0.1, 0.15) is 47.6 Å². The Balaban J connectivity index is 2.29. The number of carboxylic acids is 1. The van der Waals surface area contributed by atoms with Gasteiger partial charge in [0.1, 0.15) is 5.52 Å². The Hall–Kier alpha value is -2.73. The van der Waals surface area contributed by atoms with Crippen molar-refractivity contribution in [1.82, 2.24) is 15.0 Å². The third-order valence-corrected chi connectivity index (χ3v) is 5.54. The number of aromatic nitrogens is 3. The number of carboxylic acid groups (broad SMARTS) is 1. The quantitative estimate of drug-likeness (QED) is 0.722. The smallest absolute Gasteiger partial charge is 0.310 e. The zero-order chi connectivity index (χ0) is 19.9. The van der Waals surface area contributed by atoms with Gasteiger partial charge in [0, 0.05) is 13.0 Å². The van der Waals surface area contributed by atoms with Gasteiger partial charge < -0.3 is 10.2 Å². The van der Waals surface area contributed by atoms with Crippen molar-refractivity contribution in [3.8, 4) is 0 Å². The number of aliphatic hydroxyl groups excluding tert-OH is 1. The van der Waals surface area contributed by atoms with E-state index >= 15 is 0 Å². The van der Waals surface area contributed by atoms with Gasteiger partial charge in [-0.3, -0.25) is 4.79 Å². The van der Waals surface area contributed by atoms with Crippen molar-refractivity contribution in [3.63, 3.8) is 0 Å². The second-order valence-electron chi connectivity index (χ2n) is 7.66. The van der Waals surface area contributed by atoms with Crippen LogP contribution < -0.4 is 0 Å². The molecule has 0 spiro atoms. The molecule has 0 amide bonds. The average Bonchev–Trinajstić information content (AvgIpc) is 3.00. The molecule has 0 saturated carbocycles. The minimum atomic E-state index is -1.05. The second kappa shape index (κ2) is 6.78. The van der Waals surface area contributed by atoms with E-state index in [2.05, 4.69) is 10.3 Å². The fourth-order valence-electron chi connectivity index (χ4n) is 3.71. The molecule has 3 rings (SSSR count). The minimum Gasteiger partial charge on any atom is -0.481 e. The summed E-state index contributed by atoms with van der Waals surface area (Å²) in [6.07, 6.45) is 0. The second-order valence-corrected chi connectivity index (χ2v) is 7.66. The first-order valence-corrected chi connectivity index (χ1v) is 8.91. The van der Waals surface area contributed by atoms with Crippen LogP contribution in [-0.4, -0.2) is 31.2 Å². The molecule has 2 N–H and O–H groups in total. The lowest BCUT2D eigenvalue weighted by molar-refractivity contribution is -0.147. The highest BCUT2D eigenvalue weighted by Crippen LogP contribution is 2.43. The number of aryl methyl sites for hydroxylation is 3. The normalized spacial score (nSPS) is 13.1. The van der Waals surface area contributed by atoms with Crippen molar-refractivity contribution in [2.24, 2.45) is 12.5 Å². The van der Waals surface area contributed by atoms with Crippen LogP contribution in [0.4, 0.5) is 0 Å². The minimum absolute atomic E-state index is 0.0813. The average molecular weight is 367 g/mol. The number of aliphatic carboxylic acids is 1. The number of fused-ring (bicyclic) bond motifs is 1. The van der Waals surface area contributed by atoms with E-state index in [4.69, 9.17) is 0 Å². The first-order valence-electron chi connectivity index (χ1n) is 8.91. The van der Waals surface area contributed by atoms with Crippen LogP contribution in [-0.2, 0) is 18.4 Å². The Morgan fingerprint density at radius 2 is 1.93 bits per heavy atom. The van der Waals surface area contributed by atoms with Crippen molar-refractivity contribution in [2.75, 3.05) is 0 Å². The van der Waals surface area contributed by atoms with Gasteiger partial charge >= 0.3 is 5.97 Å². The van der Waals surface area contributed by atoms with Crippen molar-refractivity contribution in [3.05, 3.63) is 58.1 Å². The third-order valence-electron chi connectivity index (χ3n) is 5.54. The molecular weight excluding hydrogens is 342 g/mol. The van der Waals surface area contributed by atoms with Crippen molar-refractivity contribution in [2.45, 2.75) is 40.2 Å². The fraction of sp³-hybridized carbons (Fsp3) is 0.381. The molecule has 3 aromatic rings. The number of nitrogens with zero attached hydrogens (tertiary/aromatic N) is 3. The summed E-state index contributed by atoms with van der Waals surface area (Å²) in [6.45, 7) is 7.28. The Labute approximate surface area is 158 Å². The molecule has 6 heteroatoms. The summed E-state index contributed by atoms with van der Waals surface area (Å²) in [4.78, 5) is 12.1. The lowest BCUT2D eigenvalue weighted by atomic mass is 9.69. The molecule has 6 nitrogen and oxygen atoms in total. The number of hydrogen-bond acceptors (Lipinski definition) is 4. The molecule has 0 aliphatic heterocycles. The zero-order valence-electron chi connectivity index (χ0n) is 16.3. The first kappa shape index (κ1) is 19.0. The van der Waals surface area contributed by atoms with E-state index < -0.39 is 17.3 Å². The maximum Gasteiger partial charge on any atom is 0.310 e. The summed E-state index contributed by atoms with van der Waals surface area (Å²) >= 11 is 0.